The van der Waals surface area contributed by atoms with E-state index >= 15 is 0 Å². The SMILES string of the molecule is Oc1ccccc1-c1cc(-c2ccccc2Cl)nc2c1Cc1c(O)cccc1-2. The molecule has 136 valence electrons. The molecule has 1 aliphatic carbocycles. The molecule has 2 N–H and O–H groups in total. The third-order valence-electron chi connectivity index (χ3n) is 5.23. The molecule has 0 atom stereocenters. The van der Waals surface area contributed by atoms with Gasteiger partial charge < -0.3 is 10.2 Å². The second kappa shape index (κ2) is 6.39. The van der Waals surface area contributed by atoms with Crippen LogP contribution in [0.4, 0.5) is 0 Å². The minimum atomic E-state index is 0.209. The Kier molecular flexibility index (Phi) is 3.85. The molecular weight excluding hydrogens is 370 g/mol. The van der Waals surface area contributed by atoms with E-state index in [0.717, 1.165) is 44.8 Å². The van der Waals surface area contributed by atoms with Crippen LogP contribution in [-0.2, 0) is 6.42 Å². The second-order valence-corrected chi connectivity index (χ2v) is 7.27. The van der Waals surface area contributed by atoms with Crippen LogP contribution in [0.15, 0.2) is 72.8 Å². The third kappa shape index (κ3) is 2.55. The first-order valence-corrected chi connectivity index (χ1v) is 9.39. The summed E-state index contributed by atoms with van der Waals surface area (Å²) in [6.07, 6.45) is 0.566. The van der Waals surface area contributed by atoms with Gasteiger partial charge in [0.1, 0.15) is 11.5 Å². The molecule has 1 aliphatic rings. The van der Waals surface area contributed by atoms with Crippen molar-refractivity contribution in [2.45, 2.75) is 6.42 Å². The lowest BCUT2D eigenvalue weighted by atomic mass is 9.95. The number of nitrogens with zero attached hydrogens (tertiary/aromatic N) is 1. The van der Waals surface area contributed by atoms with Gasteiger partial charge in [-0.3, -0.25) is 0 Å². The number of rotatable bonds is 2. The van der Waals surface area contributed by atoms with Crippen molar-refractivity contribution in [3.8, 4) is 45.1 Å². The van der Waals surface area contributed by atoms with Crippen molar-refractivity contribution in [1.29, 1.82) is 0 Å². The summed E-state index contributed by atoms with van der Waals surface area (Å²) in [4.78, 5) is 4.91. The number of phenolic OH excluding ortho intramolecular Hbond substituents is 2. The van der Waals surface area contributed by atoms with E-state index in [0.29, 0.717) is 11.4 Å². The summed E-state index contributed by atoms with van der Waals surface area (Å²) in [7, 11) is 0. The molecule has 4 heteroatoms. The summed E-state index contributed by atoms with van der Waals surface area (Å²) in [5.41, 5.74) is 6.79. The highest BCUT2D eigenvalue weighted by molar-refractivity contribution is 6.33. The van der Waals surface area contributed by atoms with Crippen LogP contribution in [0.5, 0.6) is 11.5 Å². The van der Waals surface area contributed by atoms with Gasteiger partial charge >= 0.3 is 0 Å². The quantitative estimate of drug-likeness (QED) is 0.389. The Hall–Kier alpha value is -3.30. The van der Waals surface area contributed by atoms with E-state index in [4.69, 9.17) is 16.6 Å². The van der Waals surface area contributed by atoms with E-state index in [1.165, 1.54) is 0 Å². The van der Waals surface area contributed by atoms with Crippen molar-refractivity contribution < 1.29 is 10.2 Å². The zero-order valence-electron chi connectivity index (χ0n) is 14.9. The molecule has 0 spiro atoms. The summed E-state index contributed by atoms with van der Waals surface area (Å²) in [6.45, 7) is 0. The van der Waals surface area contributed by atoms with Crippen molar-refractivity contribution >= 4 is 11.6 Å². The Morgan fingerprint density at radius 1 is 0.679 bits per heavy atom. The summed E-state index contributed by atoms with van der Waals surface area (Å²) in [6, 6.07) is 22.3. The minimum absolute atomic E-state index is 0.209. The first-order valence-electron chi connectivity index (χ1n) is 9.02. The van der Waals surface area contributed by atoms with E-state index in [1.807, 2.05) is 54.6 Å². The van der Waals surface area contributed by atoms with Gasteiger partial charge in [-0.05, 0) is 35.4 Å². The third-order valence-corrected chi connectivity index (χ3v) is 5.56. The number of halogens is 1. The van der Waals surface area contributed by atoms with Gasteiger partial charge in [0.15, 0.2) is 0 Å². The molecule has 3 aromatic carbocycles. The van der Waals surface area contributed by atoms with Crippen LogP contribution in [0, 0.1) is 0 Å². The zero-order valence-corrected chi connectivity index (χ0v) is 15.6. The smallest absolute Gasteiger partial charge is 0.123 e. The van der Waals surface area contributed by atoms with Crippen molar-refractivity contribution in [3.63, 3.8) is 0 Å². The average Bonchev–Trinajstić information content (AvgIpc) is 3.08. The number of benzene rings is 3. The Morgan fingerprint density at radius 3 is 2.14 bits per heavy atom. The maximum absolute atomic E-state index is 10.5. The van der Waals surface area contributed by atoms with Crippen LogP contribution in [0.2, 0.25) is 5.02 Å². The molecule has 0 fully saturated rings. The van der Waals surface area contributed by atoms with Crippen LogP contribution in [0.25, 0.3) is 33.6 Å². The Bertz CT molecular complexity index is 1230. The monoisotopic (exact) mass is 385 g/mol. The number of phenols is 2. The molecule has 0 saturated carbocycles. The van der Waals surface area contributed by atoms with Crippen LogP contribution in [0.1, 0.15) is 11.1 Å². The molecule has 1 heterocycles. The fourth-order valence-electron chi connectivity index (χ4n) is 3.88. The molecule has 0 saturated heterocycles. The fraction of sp³-hybridized carbons (Fsp3) is 0.0417. The van der Waals surface area contributed by atoms with Crippen molar-refractivity contribution in [1.82, 2.24) is 4.98 Å². The van der Waals surface area contributed by atoms with E-state index in [9.17, 15) is 10.2 Å². The number of aromatic nitrogens is 1. The molecule has 0 bridgehead atoms. The highest BCUT2D eigenvalue weighted by Crippen LogP contribution is 2.46. The lowest BCUT2D eigenvalue weighted by molar-refractivity contribution is 0.470. The maximum Gasteiger partial charge on any atom is 0.123 e. The number of pyridine rings is 1. The maximum atomic E-state index is 10.5. The van der Waals surface area contributed by atoms with E-state index in [1.54, 1.807) is 18.2 Å². The molecule has 3 nitrogen and oxygen atoms in total. The number of hydrogen-bond donors (Lipinski definition) is 2. The van der Waals surface area contributed by atoms with Gasteiger partial charge in [0.05, 0.1) is 11.4 Å². The Morgan fingerprint density at radius 2 is 1.36 bits per heavy atom. The van der Waals surface area contributed by atoms with Gasteiger partial charge in [-0.2, -0.15) is 0 Å². The number of fused-ring (bicyclic) bond motifs is 3. The standard InChI is InChI=1S/C24H16ClNO2/c25-20-9-3-1-7-16(20)21-13-17(14-6-2-4-10-22(14)27)19-12-18-15(24(19)26-21)8-5-11-23(18)28/h1-11,13,27-28H,12H2. The second-order valence-electron chi connectivity index (χ2n) is 6.86. The van der Waals surface area contributed by atoms with Gasteiger partial charge in [-0.25, -0.2) is 4.98 Å². The van der Waals surface area contributed by atoms with Gasteiger partial charge in [0.25, 0.3) is 0 Å². The predicted molar refractivity (Wildman–Crippen MR) is 112 cm³/mol. The van der Waals surface area contributed by atoms with Gasteiger partial charge in [-0.15, -0.1) is 0 Å². The predicted octanol–water partition coefficient (Wildman–Crippen LogP) is 6.05. The number of aromatic hydroxyl groups is 2. The molecular formula is C24H16ClNO2. The summed E-state index contributed by atoms with van der Waals surface area (Å²) in [5, 5.41) is 21.5. The van der Waals surface area contributed by atoms with Gasteiger partial charge in [0, 0.05) is 33.7 Å². The van der Waals surface area contributed by atoms with Crippen LogP contribution in [0.3, 0.4) is 0 Å². The molecule has 5 rings (SSSR count). The number of para-hydroxylation sites is 1. The number of hydrogen-bond acceptors (Lipinski definition) is 3. The highest BCUT2D eigenvalue weighted by Gasteiger charge is 2.27. The Labute approximate surface area is 167 Å². The first-order chi connectivity index (χ1) is 13.6. The fourth-order valence-corrected chi connectivity index (χ4v) is 4.11. The molecule has 0 unspecified atom stereocenters. The topological polar surface area (TPSA) is 53.4 Å². The van der Waals surface area contributed by atoms with E-state index in [2.05, 4.69) is 0 Å². The summed E-state index contributed by atoms with van der Waals surface area (Å²) >= 11 is 6.44. The van der Waals surface area contributed by atoms with Gasteiger partial charge in [0.2, 0.25) is 0 Å². The lowest BCUT2D eigenvalue weighted by Crippen LogP contribution is -1.95. The minimum Gasteiger partial charge on any atom is -0.508 e. The first kappa shape index (κ1) is 16.8. The van der Waals surface area contributed by atoms with E-state index < -0.39 is 0 Å². The van der Waals surface area contributed by atoms with Crippen LogP contribution < -0.4 is 0 Å². The molecule has 0 radical (unpaired) electrons. The highest BCUT2D eigenvalue weighted by atomic mass is 35.5. The zero-order chi connectivity index (χ0) is 19.3. The Balaban J connectivity index is 1.84. The van der Waals surface area contributed by atoms with Crippen LogP contribution in [-0.4, -0.2) is 15.2 Å². The molecule has 1 aromatic heterocycles. The van der Waals surface area contributed by atoms with E-state index in [-0.39, 0.29) is 11.5 Å². The lowest BCUT2D eigenvalue weighted by Gasteiger charge is -2.14. The van der Waals surface area contributed by atoms with Crippen molar-refractivity contribution in [3.05, 3.63) is 88.9 Å². The average molecular weight is 386 g/mol. The molecule has 0 aliphatic heterocycles. The summed E-state index contributed by atoms with van der Waals surface area (Å²) < 4.78 is 0. The van der Waals surface area contributed by atoms with Crippen molar-refractivity contribution in [2.75, 3.05) is 0 Å². The van der Waals surface area contributed by atoms with Gasteiger partial charge in [-0.1, -0.05) is 60.1 Å². The molecule has 28 heavy (non-hydrogen) atoms. The largest absolute Gasteiger partial charge is 0.508 e. The van der Waals surface area contributed by atoms with Crippen LogP contribution >= 0.6 is 11.6 Å². The molecule has 4 aromatic rings. The van der Waals surface area contributed by atoms with Crippen molar-refractivity contribution in [2.24, 2.45) is 0 Å². The summed E-state index contributed by atoms with van der Waals surface area (Å²) in [5.74, 6) is 0.471. The normalized spacial score (nSPS) is 11.9. The molecule has 0 amide bonds.